The number of aromatic amines is 1. The summed E-state index contributed by atoms with van der Waals surface area (Å²) in [4.78, 5) is 31.7. The molecule has 0 saturated heterocycles. The maximum atomic E-state index is 13.2. The summed E-state index contributed by atoms with van der Waals surface area (Å²) in [6.45, 7) is 0.313. The minimum Gasteiger partial charge on any atom is -0.467 e. The van der Waals surface area contributed by atoms with Crippen LogP contribution in [0.2, 0.25) is 0 Å². The van der Waals surface area contributed by atoms with Crippen LogP contribution in [0.15, 0.2) is 59.3 Å². The highest BCUT2D eigenvalue weighted by molar-refractivity contribution is 6.02. The van der Waals surface area contributed by atoms with Crippen LogP contribution in [-0.4, -0.2) is 35.9 Å². The van der Waals surface area contributed by atoms with E-state index in [9.17, 15) is 9.59 Å². The lowest BCUT2D eigenvalue weighted by atomic mass is 10.0. The van der Waals surface area contributed by atoms with Crippen LogP contribution < -0.4 is 4.90 Å². The van der Waals surface area contributed by atoms with Crippen molar-refractivity contribution in [2.24, 2.45) is 0 Å². The Balaban J connectivity index is 1.79. The number of aromatic nitrogens is 1. The normalized spacial score (nSPS) is 16.4. The fraction of sp³-hybridized carbons (Fsp3) is 0.200. The van der Waals surface area contributed by atoms with Gasteiger partial charge >= 0.3 is 5.97 Å². The quantitative estimate of drug-likeness (QED) is 0.719. The lowest BCUT2D eigenvalue weighted by Crippen LogP contribution is -2.47. The molecule has 27 heavy (non-hydrogen) atoms. The summed E-state index contributed by atoms with van der Waals surface area (Å²) in [5, 5.41) is 0. The molecule has 7 heteroatoms. The van der Waals surface area contributed by atoms with Crippen LogP contribution in [0.4, 0.5) is 5.69 Å². The van der Waals surface area contributed by atoms with Gasteiger partial charge in [-0.25, -0.2) is 4.79 Å². The molecule has 1 aliphatic heterocycles. The number of anilines is 1. The maximum Gasteiger partial charge on any atom is 0.354 e. The van der Waals surface area contributed by atoms with E-state index in [1.54, 1.807) is 29.5 Å². The van der Waals surface area contributed by atoms with E-state index in [1.165, 1.54) is 7.11 Å². The molecule has 1 unspecified atom stereocenters. The van der Waals surface area contributed by atoms with Crippen molar-refractivity contribution in [2.75, 3.05) is 19.1 Å². The van der Waals surface area contributed by atoms with E-state index in [4.69, 9.17) is 9.15 Å². The number of carbonyl (C=O) groups is 2. The molecule has 3 aromatic rings. The van der Waals surface area contributed by atoms with Crippen LogP contribution in [0.3, 0.4) is 0 Å². The zero-order chi connectivity index (χ0) is 19.0. The average molecular weight is 365 g/mol. The number of methoxy groups -OCH3 is 1. The zero-order valence-corrected chi connectivity index (χ0v) is 15.0. The molecule has 1 amide bonds. The molecule has 1 aliphatic rings. The summed E-state index contributed by atoms with van der Waals surface area (Å²) in [7, 11) is 3.26. The highest BCUT2D eigenvalue weighted by Gasteiger charge is 2.37. The number of esters is 1. The number of nitrogens with zero attached hydrogens (tertiary/aromatic N) is 2. The van der Waals surface area contributed by atoms with Crippen molar-refractivity contribution >= 4 is 17.6 Å². The Labute approximate surface area is 156 Å². The minimum atomic E-state index is -0.455. The van der Waals surface area contributed by atoms with Crippen LogP contribution in [0.25, 0.3) is 0 Å². The Hall–Kier alpha value is -3.48. The molecule has 0 bridgehead atoms. The van der Waals surface area contributed by atoms with Crippen molar-refractivity contribution in [1.29, 1.82) is 0 Å². The lowest BCUT2D eigenvalue weighted by molar-refractivity contribution is 0.0594. The second-order valence-electron chi connectivity index (χ2n) is 6.35. The van der Waals surface area contributed by atoms with Crippen LogP contribution in [-0.2, 0) is 11.3 Å². The van der Waals surface area contributed by atoms with Gasteiger partial charge in [0.1, 0.15) is 17.6 Å². The summed E-state index contributed by atoms with van der Waals surface area (Å²) in [5.74, 6) is 0.139. The standard InChI is InChI=1S/C20H19N3O4/c1-22-17-8-4-3-7-15(17)19(24)23(12-14-6-5-9-27-14)18(22)13-10-16(21-11-13)20(25)26-2/h3-11,18,21H,12H2,1-2H3. The first-order valence-corrected chi connectivity index (χ1v) is 8.52. The van der Waals surface area contributed by atoms with Gasteiger partial charge in [0.05, 0.1) is 31.2 Å². The number of furan rings is 1. The van der Waals surface area contributed by atoms with E-state index in [1.807, 2.05) is 42.3 Å². The number of carbonyl (C=O) groups excluding carboxylic acids is 2. The molecule has 3 heterocycles. The second-order valence-corrected chi connectivity index (χ2v) is 6.35. The Morgan fingerprint density at radius 3 is 2.81 bits per heavy atom. The van der Waals surface area contributed by atoms with Gasteiger partial charge in [0.25, 0.3) is 5.91 Å². The Morgan fingerprint density at radius 1 is 1.26 bits per heavy atom. The molecule has 138 valence electrons. The number of nitrogens with one attached hydrogen (secondary N) is 1. The topological polar surface area (TPSA) is 78.8 Å². The average Bonchev–Trinajstić information content (AvgIpc) is 3.37. The number of para-hydroxylation sites is 1. The number of benzene rings is 1. The molecule has 0 saturated carbocycles. The number of amides is 1. The second kappa shape index (κ2) is 6.68. The molecule has 1 atom stereocenters. The molecule has 0 aliphatic carbocycles. The highest BCUT2D eigenvalue weighted by atomic mass is 16.5. The summed E-state index contributed by atoms with van der Waals surface area (Å²) in [6, 6.07) is 12.8. The van der Waals surface area contributed by atoms with Crippen molar-refractivity contribution in [3.8, 4) is 0 Å². The number of fused-ring (bicyclic) bond motifs is 1. The van der Waals surface area contributed by atoms with Crippen molar-refractivity contribution in [2.45, 2.75) is 12.7 Å². The SMILES string of the molecule is COC(=O)c1cc(C2N(Cc3ccco3)C(=O)c3ccccc3N2C)c[nH]1. The van der Waals surface area contributed by atoms with Gasteiger partial charge in [-0.05, 0) is 30.3 Å². The molecule has 2 aromatic heterocycles. The summed E-state index contributed by atoms with van der Waals surface area (Å²) in [6.07, 6.45) is 2.92. The van der Waals surface area contributed by atoms with Crippen molar-refractivity contribution in [3.05, 3.63) is 77.5 Å². The number of hydrogen-bond donors (Lipinski definition) is 1. The Bertz CT molecular complexity index is 977. The molecule has 1 aromatic carbocycles. The molecule has 0 spiro atoms. The van der Waals surface area contributed by atoms with Crippen molar-refractivity contribution in [3.63, 3.8) is 0 Å². The van der Waals surface area contributed by atoms with Gasteiger partial charge in [0.15, 0.2) is 0 Å². The van der Waals surface area contributed by atoms with Gasteiger partial charge in [-0.3, -0.25) is 4.79 Å². The number of hydrogen-bond acceptors (Lipinski definition) is 5. The van der Waals surface area contributed by atoms with E-state index >= 15 is 0 Å². The third-order valence-corrected chi connectivity index (χ3v) is 4.75. The minimum absolute atomic E-state index is 0.0917. The van der Waals surface area contributed by atoms with Crippen molar-refractivity contribution < 1.29 is 18.7 Å². The van der Waals surface area contributed by atoms with Crippen LogP contribution in [0.5, 0.6) is 0 Å². The van der Waals surface area contributed by atoms with Crippen LogP contribution in [0.1, 0.15) is 38.3 Å². The van der Waals surface area contributed by atoms with E-state index in [-0.39, 0.29) is 5.91 Å². The van der Waals surface area contributed by atoms with E-state index < -0.39 is 12.1 Å². The number of rotatable bonds is 4. The molecule has 4 rings (SSSR count). The van der Waals surface area contributed by atoms with E-state index in [0.29, 0.717) is 23.6 Å². The third-order valence-electron chi connectivity index (χ3n) is 4.75. The molecule has 0 fully saturated rings. The Kier molecular flexibility index (Phi) is 4.19. The monoisotopic (exact) mass is 365 g/mol. The summed E-state index contributed by atoms with van der Waals surface area (Å²) >= 11 is 0. The molecular formula is C20H19N3O4. The van der Waals surface area contributed by atoms with E-state index in [2.05, 4.69) is 4.98 Å². The van der Waals surface area contributed by atoms with Crippen LogP contribution >= 0.6 is 0 Å². The molecule has 1 N–H and O–H groups in total. The zero-order valence-electron chi connectivity index (χ0n) is 15.0. The highest BCUT2D eigenvalue weighted by Crippen LogP contribution is 2.38. The smallest absolute Gasteiger partial charge is 0.354 e. The first-order valence-electron chi connectivity index (χ1n) is 8.52. The van der Waals surface area contributed by atoms with E-state index in [0.717, 1.165) is 11.3 Å². The summed E-state index contributed by atoms with van der Waals surface area (Å²) in [5.41, 5.74) is 2.59. The van der Waals surface area contributed by atoms with Gasteiger partial charge in [-0.2, -0.15) is 0 Å². The largest absolute Gasteiger partial charge is 0.467 e. The molecule has 7 nitrogen and oxygen atoms in total. The Morgan fingerprint density at radius 2 is 2.07 bits per heavy atom. The number of ether oxygens (including phenoxy) is 1. The fourth-order valence-corrected chi connectivity index (χ4v) is 3.49. The predicted octanol–water partition coefficient (Wildman–Crippen LogP) is 3.19. The van der Waals surface area contributed by atoms with Gasteiger partial charge in [0.2, 0.25) is 0 Å². The van der Waals surface area contributed by atoms with Crippen LogP contribution in [0, 0.1) is 0 Å². The van der Waals surface area contributed by atoms with Gasteiger partial charge in [-0.1, -0.05) is 12.1 Å². The van der Waals surface area contributed by atoms with Gasteiger partial charge in [0, 0.05) is 18.8 Å². The first-order chi connectivity index (χ1) is 13.1. The predicted molar refractivity (Wildman–Crippen MR) is 98.3 cm³/mol. The third kappa shape index (κ3) is 2.87. The first kappa shape index (κ1) is 17.0. The molecule has 0 radical (unpaired) electrons. The maximum absolute atomic E-state index is 13.2. The summed E-state index contributed by atoms with van der Waals surface area (Å²) < 4.78 is 10.2. The lowest BCUT2D eigenvalue weighted by Gasteiger charge is -2.43. The fourth-order valence-electron chi connectivity index (χ4n) is 3.49. The van der Waals surface area contributed by atoms with Gasteiger partial charge in [-0.15, -0.1) is 0 Å². The van der Waals surface area contributed by atoms with Gasteiger partial charge < -0.3 is 23.9 Å². The number of H-pyrrole nitrogens is 1. The van der Waals surface area contributed by atoms with Crippen molar-refractivity contribution in [1.82, 2.24) is 9.88 Å². The molecular weight excluding hydrogens is 346 g/mol.